The van der Waals surface area contributed by atoms with Gasteiger partial charge in [0.15, 0.2) is 0 Å². The van der Waals surface area contributed by atoms with Crippen molar-refractivity contribution in [3.05, 3.63) is 40.9 Å². The van der Waals surface area contributed by atoms with E-state index in [1.54, 1.807) is 0 Å². The number of rotatable bonds is 5. The van der Waals surface area contributed by atoms with E-state index in [2.05, 4.69) is 28.7 Å². The monoisotopic (exact) mass is 261 g/mol. The molecule has 0 aliphatic rings. The van der Waals surface area contributed by atoms with E-state index in [9.17, 15) is 0 Å². The maximum absolute atomic E-state index is 5.75. The van der Waals surface area contributed by atoms with Crippen LogP contribution in [0.4, 0.5) is 0 Å². The van der Waals surface area contributed by atoms with Crippen molar-refractivity contribution in [3.63, 3.8) is 0 Å². The highest BCUT2D eigenvalue weighted by Crippen LogP contribution is 2.29. The van der Waals surface area contributed by atoms with Gasteiger partial charge in [-0.3, -0.25) is 0 Å². The first-order chi connectivity index (χ1) is 9.04. The van der Waals surface area contributed by atoms with Crippen LogP contribution in [0, 0.1) is 20.8 Å². The fraction of sp³-hybridized carbons (Fsp3) is 0.533. The molecule has 0 radical (unpaired) electrons. The van der Waals surface area contributed by atoms with Crippen molar-refractivity contribution in [1.82, 2.24) is 14.9 Å². The van der Waals surface area contributed by atoms with Crippen molar-refractivity contribution in [1.29, 1.82) is 0 Å². The molecule has 0 saturated carbocycles. The summed E-state index contributed by atoms with van der Waals surface area (Å²) in [5.74, 6) is 3.11. The van der Waals surface area contributed by atoms with Crippen LogP contribution < -0.4 is 5.32 Å². The van der Waals surface area contributed by atoms with Crippen molar-refractivity contribution in [2.45, 2.75) is 40.2 Å². The minimum absolute atomic E-state index is 0.253. The van der Waals surface area contributed by atoms with Crippen molar-refractivity contribution in [2.24, 2.45) is 7.05 Å². The van der Waals surface area contributed by atoms with E-state index >= 15 is 0 Å². The zero-order valence-electron chi connectivity index (χ0n) is 12.4. The third kappa shape index (κ3) is 2.73. The maximum atomic E-state index is 5.75. The molecule has 1 unspecified atom stereocenters. The Balaban J connectivity index is 2.32. The Morgan fingerprint density at radius 1 is 1.32 bits per heavy atom. The standard InChI is InChI=1S/C15H23N3O/c1-6-16-13(9-14-17-7-8-18(14)5)15-10(2)11(3)19-12(15)4/h7-8,13,16H,6,9H2,1-5H3. The third-order valence-electron chi connectivity index (χ3n) is 3.72. The molecule has 0 aliphatic carbocycles. The summed E-state index contributed by atoms with van der Waals surface area (Å²) in [4.78, 5) is 4.42. The second-order valence-corrected chi connectivity index (χ2v) is 5.02. The van der Waals surface area contributed by atoms with E-state index in [0.717, 1.165) is 30.3 Å². The largest absolute Gasteiger partial charge is 0.466 e. The van der Waals surface area contributed by atoms with E-state index in [1.165, 1.54) is 11.1 Å². The van der Waals surface area contributed by atoms with Gasteiger partial charge in [-0.05, 0) is 32.9 Å². The van der Waals surface area contributed by atoms with Gasteiger partial charge in [0.25, 0.3) is 0 Å². The highest BCUT2D eigenvalue weighted by Gasteiger charge is 2.21. The van der Waals surface area contributed by atoms with E-state index < -0.39 is 0 Å². The van der Waals surface area contributed by atoms with Crippen molar-refractivity contribution in [2.75, 3.05) is 6.54 Å². The SMILES string of the molecule is CCNC(Cc1nccn1C)c1c(C)oc(C)c1C. The number of likely N-dealkylation sites (N-methyl/N-ethyl adjacent to an activating group) is 1. The Labute approximate surface area is 114 Å². The van der Waals surface area contributed by atoms with Crippen molar-refractivity contribution in [3.8, 4) is 0 Å². The summed E-state index contributed by atoms with van der Waals surface area (Å²) >= 11 is 0. The van der Waals surface area contributed by atoms with Gasteiger partial charge in [0.05, 0.1) is 0 Å². The molecule has 0 saturated heterocycles. The fourth-order valence-corrected chi connectivity index (χ4v) is 2.62. The van der Waals surface area contributed by atoms with E-state index in [-0.39, 0.29) is 6.04 Å². The van der Waals surface area contributed by atoms with Crippen molar-refractivity contribution < 1.29 is 4.42 Å². The van der Waals surface area contributed by atoms with Crippen LogP contribution in [-0.4, -0.2) is 16.1 Å². The molecule has 0 spiro atoms. The van der Waals surface area contributed by atoms with E-state index in [0.29, 0.717) is 0 Å². The molecule has 1 atom stereocenters. The first-order valence-electron chi connectivity index (χ1n) is 6.80. The summed E-state index contributed by atoms with van der Waals surface area (Å²) in [6.07, 6.45) is 4.70. The lowest BCUT2D eigenvalue weighted by Crippen LogP contribution is -2.25. The second-order valence-electron chi connectivity index (χ2n) is 5.02. The Hall–Kier alpha value is -1.55. The van der Waals surface area contributed by atoms with Crippen LogP contribution in [0.5, 0.6) is 0 Å². The number of hydrogen-bond acceptors (Lipinski definition) is 3. The number of furan rings is 1. The second kappa shape index (κ2) is 5.61. The molecule has 0 aliphatic heterocycles. The van der Waals surface area contributed by atoms with Crippen LogP contribution in [0.3, 0.4) is 0 Å². The van der Waals surface area contributed by atoms with Crippen LogP contribution in [0.25, 0.3) is 0 Å². The molecule has 0 aromatic carbocycles. The molecule has 0 bridgehead atoms. The Morgan fingerprint density at radius 2 is 2.05 bits per heavy atom. The summed E-state index contributed by atoms with van der Waals surface area (Å²) < 4.78 is 7.83. The highest BCUT2D eigenvalue weighted by atomic mass is 16.3. The third-order valence-corrected chi connectivity index (χ3v) is 3.72. The average Bonchev–Trinajstić information content (AvgIpc) is 2.85. The molecule has 0 amide bonds. The molecule has 104 valence electrons. The Bertz CT molecular complexity index is 554. The topological polar surface area (TPSA) is 43.0 Å². The smallest absolute Gasteiger partial charge is 0.110 e. The molecule has 2 rings (SSSR count). The molecule has 2 aromatic rings. The molecule has 1 N–H and O–H groups in total. The summed E-state index contributed by atoms with van der Waals surface area (Å²) in [7, 11) is 2.03. The molecule has 19 heavy (non-hydrogen) atoms. The van der Waals surface area contributed by atoms with Gasteiger partial charge in [-0.1, -0.05) is 6.92 Å². The van der Waals surface area contributed by atoms with Crippen LogP contribution in [0.15, 0.2) is 16.8 Å². The van der Waals surface area contributed by atoms with Gasteiger partial charge < -0.3 is 14.3 Å². The lowest BCUT2D eigenvalue weighted by atomic mass is 9.99. The first-order valence-corrected chi connectivity index (χ1v) is 6.80. The van der Waals surface area contributed by atoms with Gasteiger partial charge in [0.2, 0.25) is 0 Å². The lowest BCUT2D eigenvalue weighted by molar-refractivity contribution is 0.480. The first kappa shape index (κ1) is 13.9. The van der Waals surface area contributed by atoms with Crippen LogP contribution >= 0.6 is 0 Å². The normalized spacial score (nSPS) is 12.9. The number of aromatic nitrogens is 2. The quantitative estimate of drug-likeness (QED) is 0.900. The molecular formula is C15H23N3O. The summed E-state index contributed by atoms with van der Waals surface area (Å²) in [5.41, 5.74) is 2.53. The van der Waals surface area contributed by atoms with Crippen LogP contribution in [0.1, 0.15) is 41.4 Å². The molecule has 0 fully saturated rings. The van der Waals surface area contributed by atoms with Gasteiger partial charge in [-0.2, -0.15) is 0 Å². The molecule has 2 heterocycles. The predicted molar refractivity (Wildman–Crippen MR) is 76.2 cm³/mol. The van der Waals surface area contributed by atoms with Gasteiger partial charge in [-0.25, -0.2) is 4.98 Å². The fourth-order valence-electron chi connectivity index (χ4n) is 2.62. The summed E-state index contributed by atoms with van der Waals surface area (Å²) in [6.45, 7) is 9.25. The van der Waals surface area contributed by atoms with Crippen molar-refractivity contribution >= 4 is 0 Å². The lowest BCUT2D eigenvalue weighted by Gasteiger charge is -2.18. The summed E-state index contributed by atoms with van der Waals surface area (Å²) in [5, 5.41) is 3.55. The summed E-state index contributed by atoms with van der Waals surface area (Å²) in [6, 6.07) is 0.253. The maximum Gasteiger partial charge on any atom is 0.110 e. The zero-order chi connectivity index (χ0) is 14.0. The molecule has 4 nitrogen and oxygen atoms in total. The number of aryl methyl sites for hydroxylation is 3. The number of imidazole rings is 1. The zero-order valence-corrected chi connectivity index (χ0v) is 12.4. The van der Waals surface area contributed by atoms with Gasteiger partial charge >= 0.3 is 0 Å². The number of hydrogen-bond donors (Lipinski definition) is 1. The molecule has 4 heteroatoms. The predicted octanol–water partition coefficient (Wildman–Crippen LogP) is 2.83. The highest BCUT2D eigenvalue weighted by molar-refractivity contribution is 5.34. The Morgan fingerprint density at radius 3 is 2.53 bits per heavy atom. The molecule has 2 aromatic heterocycles. The average molecular weight is 261 g/mol. The Kier molecular flexibility index (Phi) is 4.10. The van der Waals surface area contributed by atoms with Gasteiger partial charge in [0, 0.05) is 37.5 Å². The number of nitrogens with one attached hydrogen (secondary N) is 1. The number of nitrogens with zero attached hydrogens (tertiary/aromatic N) is 2. The minimum atomic E-state index is 0.253. The van der Waals surface area contributed by atoms with Gasteiger partial charge in [0.1, 0.15) is 17.3 Å². The van der Waals surface area contributed by atoms with E-state index in [1.807, 2.05) is 33.3 Å². The van der Waals surface area contributed by atoms with Gasteiger partial charge in [-0.15, -0.1) is 0 Å². The van der Waals surface area contributed by atoms with Crippen LogP contribution in [0.2, 0.25) is 0 Å². The van der Waals surface area contributed by atoms with Crippen LogP contribution in [-0.2, 0) is 13.5 Å². The van der Waals surface area contributed by atoms with E-state index in [4.69, 9.17) is 4.42 Å². The minimum Gasteiger partial charge on any atom is -0.466 e. The molecular weight excluding hydrogens is 238 g/mol.